The summed E-state index contributed by atoms with van der Waals surface area (Å²) < 4.78 is 11.0. The molecule has 0 amide bonds. The standard InChI is InChI=1S/C14H21NO2/c1-16-13-7-2-3-8-14(13)17-11-9-12-6-4-5-10-15-12/h2-3,7-8,12,15H,4-6,9-11H2,1H3/t12-/m1/s1. The van der Waals surface area contributed by atoms with E-state index >= 15 is 0 Å². The van der Waals surface area contributed by atoms with Crippen molar-refractivity contribution in [1.29, 1.82) is 0 Å². The first-order valence-corrected chi connectivity index (χ1v) is 6.39. The van der Waals surface area contributed by atoms with Gasteiger partial charge in [0.1, 0.15) is 0 Å². The minimum atomic E-state index is 0.624. The maximum absolute atomic E-state index is 5.77. The number of nitrogens with one attached hydrogen (secondary N) is 1. The lowest BCUT2D eigenvalue weighted by Crippen LogP contribution is -2.35. The molecule has 0 spiro atoms. The minimum absolute atomic E-state index is 0.624. The fraction of sp³-hybridized carbons (Fsp3) is 0.571. The molecule has 1 fully saturated rings. The predicted molar refractivity (Wildman–Crippen MR) is 68.7 cm³/mol. The van der Waals surface area contributed by atoms with Gasteiger partial charge in [-0.1, -0.05) is 18.6 Å². The van der Waals surface area contributed by atoms with Crippen LogP contribution in [0, 0.1) is 0 Å². The summed E-state index contributed by atoms with van der Waals surface area (Å²) in [5.41, 5.74) is 0. The van der Waals surface area contributed by atoms with Crippen LogP contribution in [-0.4, -0.2) is 26.3 Å². The van der Waals surface area contributed by atoms with Gasteiger partial charge >= 0.3 is 0 Å². The number of piperidine rings is 1. The molecular formula is C14H21NO2. The monoisotopic (exact) mass is 235 g/mol. The van der Waals surface area contributed by atoms with E-state index in [0.29, 0.717) is 6.04 Å². The van der Waals surface area contributed by atoms with E-state index in [-0.39, 0.29) is 0 Å². The molecule has 1 aromatic carbocycles. The summed E-state index contributed by atoms with van der Waals surface area (Å²) in [6.07, 6.45) is 4.99. The zero-order valence-corrected chi connectivity index (χ0v) is 10.4. The Morgan fingerprint density at radius 3 is 2.76 bits per heavy atom. The van der Waals surface area contributed by atoms with Crippen molar-refractivity contribution >= 4 is 0 Å². The molecule has 1 atom stereocenters. The number of rotatable bonds is 5. The number of benzene rings is 1. The van der Waals surface area contributed by atoms with E-state index in [1.165, 1.54) is 19.3 Å². The minimum Gasteiger partial charge on any atom is -0.493 e. The van der Waals surface area contributed by atoms with Gasteiger partial charge in [0.15, 0.2) is 11.5 Å². The first-order chi connectivity index (χ1) is 8.40. The molecule has 1 heterocycles. The second-order valence-electron chi connectivity index (χ2n) is 4.43. The van der Waals surface area contributed by atoms with Crippen molar-refractivity contribution < 1.29 is 9.47 Å². The van der Waals surface area contributed by atoms with Crippen LogP contribution >= 0.6 is 0 Å². The molecule has 2 rings (SSSR count). The summed E-state index contributed by atoms with van der Waals surface area (Å²) in [5.74, 6) is 1.65. The largest absolute Gasteiger partial charge is 0.493 e. The van der Waals surface area contributed by atoms with Crippen LogP contribution in [-0.2, 0) is 0 Å². The Morgan fingerprint density at radius 2 is 2.06 bits per heavy atom. The molecule has 0 unspecified atom stereocenters. The van der Waals surface area contributed by atoms with E-state index in [1.807, 2.05) is 24.3 Å². The molecule has 3 nitrogen and oxygen atoms in total. The summed E-state index contributed by atoms with van der Waals surface area (Å²) in [6.45, 7) is 1.90. The van der Waals surface area contributed by atoms with Crippen LogP contribution in [0.2, 0.25) is 0 Å². The van der Waals surface area contributed by atoms with Gasteiger partial charge in [-0.05, 0) is 37.9 Å². The molecule has 1 aliphatic rings. The Hall–Kier alpha value is -1.22. The van der Waals surface area contributed by atoms with E-state index in [0.717, 1.165) is 31.1 Å². The third-order valence-electron chi connectivity index (χ3n) is 3.21. The van der Waals surface area contributed by atoms with Crippen molar-refractivity contribution in [3.63, 3.8) is 0 Å². The number of hydrogen-bond acceptors (Lipinski definition) is 3. The Balaban J connectivity index is 1.77. The Bertz CT molecular complexity index is 335. The molecule has 0 bridgehead atoms. The van der Waals surface area contributed by atoms with E-state index in [2.05, 4.69) is 5.32 Å². The first-order valence-electron chi connectivity index (χ1n) is 6.39. The van der Waals surface area contributed by atoms with Gasteiger partial charge < -0.3 is 14.8 Å². The average molecular weight is 235 g/mol. The molecule has 1 aromatic rings. The second kappa shape index (κ2) is 6.50. The van der Waals surface area contributed by atoms with Gasteiger partial charge in [-0.25, -0.2) is 0 Å². The van der Waals surface area contributed by atoms with Crippen LogP contribution in [0.1, 0.15) is 25.7 Å². The molecule has 1 saturated heterocycles. The molecule has 1 aliphatic heterocycles. The van der Waals surface area contributed by atoms with Crippen molar-refractivity contribution in [3.8, 4) is 11.5 Å². The average Bonchev–Trinajstić information content (AvgIpc) is 2.40. The summed E-state index contributed by atoms with van der Waals surface area (Å²) in [5, 5.41) is 3.52. The highest BCUT2D eigenvalue weighted by molar-refractivity contribution is 5.39. The van der Waals surface area contributed by atoms with Gasteiger partial charge in [-0.3, -0.25) is 0 Å². The molecule has 94 valence electrons. The third-order valence-corrected chi connectivity index (χ3v) is 3.21. The van der Waals surface area contributed by atoms with Crippen LogP contribution in [0.3, 0.4) is 0 Å². The van der Waals surface area contributed by atoms with Crippen LogP contribution < -0.4 is 14.8 Å². The van der Waals surface area contributed by atoms with Gasteiger partial charge in [-0.2, -0.15) is 0 Å². The van der Waals surface area contributed by atoms with E-state index < -0.39 is 0 Å². The Morgan fingerprint density at radius 1 is 1.24 bits per heavy atom. The van der Waals surface area contributed by atoms with Gasteiger partial charge in [0.25, 0.3) is 0 Å². The highest BCUT2D eigenvalue weighted by Crippen LogP contribution is 2.26. The van der Waals surface area contributed by atoms with Crippen molar-refractivity contribution in [2.24, 2.45) is 0 Å². The number of hydrogen-bond donors (Lipinski definition) is 1. The van der Waals surface area contributed by atoms with Gasteiger partial charge in [0.2, 0.25) is 0 Å². The number of methoxy groups -OCH3 is 1. The van der Waals surface area contributed by atoms with Gasteiger partial charge in [0, 0.05) is 6.04 Å². The fourth-order valence-electron chi connectivity index (χ4n) is 2.22. The van der Waals surface area contributed by atoms with Gasteiger partial charge in [-0.15, -0.1) is 0 Å². The van der Waals surface area contributed by atoms with E-state index in [4.69, 9.17) is 9.47 Å². The van der Waals surface area contributed by atoms with Crippen molar-refractivity contribution in [1.82, 2.24) is 5.32 Å². The topological polar surface area (TPSA) is 30.5 Å². The number of ether oxygens (including phenoxy) is 2. The lowest BCUT2D eigenvalue weighted by Gasteiger charge is -2.23. The smallest absolute Gasteiger partial charge is 0.161 e. The molecule has 0 radical (unpaired) electrons. The van der Waals surface area contributed by atoms with Crippen molar-refractivity contribution in [2.75, 3.05) is 20.3 Å². The molecule has 0 saturated carbocycles. The lowest BCUT2D eigenvalue weighted by atomic mass is 10.0. The summed E-state index contributed by atoms with van der Waals surface area (Å²) in [7, 11) is 1.67. The zero-order valence-electron chi connectivity index (χ0n) is 10.4. The van der Waals surface area contributed by atoms with E-state index in [1.54, 1.807) is 7.11 Å². The second-order valence-corrected chi connectivity index (χ2v) is 4.43. The summed E-state index contributed by atoms with van der Waals surface area (Å²) in [4.78, 5) is 0. The zero-order chi connectivity index (χ0) is 11.9. The Kier molecular flexibility index (Phi) is 4.68. The highest BCUT2D eigenvalue weighted by Gasteiger charge is 2.12. The first kappa shape index (κ1) is 12.2. The van der Waals surface area contributed by atoms with E-state index in [9.17, 15) is 0 Å². The van der Waals surface area contributed by atoms with Crippen molar-refractivity contribution in [3.05, 3.63) is 24.3 Å². The predicted octanol–water partition coefficient (Wildman–Crippen LogP) is 2.61. The Labute approximate surface area is 103 Å². The molecule has 1 N–H and O–H groups in total. The highest BCUT2D eigenvalue weighted by atomic mass is 16.5. The molecule has 3 heteroatoms. The quantitative estimate of drug-likeness (QED) is 0.851. The molecule has 0 aliphatic carbocycles. The fourth-order valence-corrected chi connectivity index (χ4v) is 2.22. The SMILES string of the molecule is COc1ccccc1OCC[C@H]1CCCCN1. The molecular weight excluding hydrogens is 214 g/mol. The van der Waals surface area contributed by atoms with Gasteiger partial charge in [0.05, 0.1) is 13.7 Å². The molecule has 17 heavy (non-hydrogen) atoms. The van der Waals surface area contributed by atoms with Crippen molar-refractivity contribution in [2.45, 2.75) is 31.7 Å². The maximum Gasteiger partial charge on any atom is 0.161 e. The third kappa shape index (κ3) is 3.63. The summed E-state index contributed by atoms with van der Waals surface area (Å²) in [6, 6.07) is 8.42. The number of para-hydroxylation sites is 2. The lowest BCUT2D eigenvalue weighted by molar-refractivity contribution is 0.257. The van der Waals surface area contributed by atoms with Crippen LogP contribution in [0.15, 0.2) is 24.3 Å². The van der Waals surface area contributed by atoms with Crippen LogP contribution in [0.4, 0.5) is 0 Å². The maximum atomic E-state index is 5.77. The summed E-state index contributed by atoms with van der Waals surface area (Å²) >= 11 is 0. The molecule has 0 aromatic heterocycles. The van der Waals surface area contributed by atoms with Crippen LogP contribution in [0.5, 0.6) is 11.5 Å². The van der Waals surface area contributed by atoms with Crippen LogP contribution in [0.25, 0.3) is 0 Å². The normalized spacial score (nSPS) is 19.9.